The topological polar surface area (TPSA) is 64.4 Å². The Morgan fingerprint density at radius 3 is 2.95 bits per heavy atom. The van der Waals surface area contributed by atoms with Crippen LogP contribution in [0.15, 0.2) is 30.3 Å². The van der Waals surface area contributed by atoms with Gasteiger partial charge in [0.2, 0.25) is 0 Å². The second-order valence-electron chi connectivity index (χ2n) is 5.01. The largest absolute Gasteiger partial charge is 0.476 e. The fraction of sp³-hybridized carbons (Fsp3) is 0.333. The molecule has 1 saturated heterocycles. The molecule has 104 valence electrons. The van der Waals surface area contributed by atoms with E-state index in [1.54, 1.807) is 10.7 Å². The van der Waals surface area contributed by atoms with Crippen LogP contribution in [0, 0.1) is 6.92 Å². The first kappa shape index (κ1) is 12.9. The van der Waals surface area contributed by atoms with Crippen molar-refractivity contribution in [1.82, 2.24) is 9.78 Å². The first-order valence-corrected chi connectivity index (χ1v) is 6.67. The first-order chi connectivity index (χ1) is 9.65. The lowest BCUT2D eigenvalue weighted by molar-refractivity contribution is 0.0690. The summed E-state index contributed by atoms with van der Waals surface area (Å²) in [5, 5.41) is 13.4. The summed E-state index contributed by atoms with van der Waals surface area (Å²) in [7, 11) is 0. The third kappa shape index (κ3) is 2.32. The highest BCUT2D eigenvalue weighted by Gasteiger charge is 2.25. The summed E-state index contributed by atoms with van der Waals surface area (Å²) in [4.78, 5) is 11.2. The van der Waals surface area contributed by atoms with Crippen molar-refractivity contribution in [2.45, 2.75) is 25.9 Å². The smallest absolute Gasteiger partial charge is 0.356 e. The Kier molecular flexibility index (Phi) is 3.28. The molecule has 1 aromatic heterocycles. The molecule has 1 aromatic carbocycles. The Hall–Kier alpha value is -2.14. The van der Waals surface area contributed by atoms with Crippen LogP contribution in [0.2, 0.25) is 0 Å². The van der Waals surface area contributed by atoms with Gasteiger partial charge in [0, 0.05) is 6.61 Å². The Morgan fingerprint density at radius 2 is 2.30 bits per heavy atom. The summed E-state index contributed by atoms with van der Waals surface area (Å²) < 4.78 is 7.36. The quantitative estimate of drug-likeness (QED) is 0.933. The van der Waals surface area contributed by atoms with Crippen LogP contribution >= 0.6 is 0 Å². The average molecular weight is 272 g/mol. The minimum absolute atomic E-state index is 0.0528. The molecular weight excluding hydrogens is 256 g/mol. The predicted molar refractivity (Wildman–Crippen MR) is 73.2 cm³/mol. The van der Waals surface area contributed by atoms with Gasteiger partial charge < -0.3 is 9.84 Å². The van der Waals surface area contributed by atoms with E-state index < -0.39 is 5.97 Å². The summed E-state index contributed by atoms with van der Waals surface area (Å²) in [6.45, 7) is 2.71. The van der Waals surface area contributed by atoms with Gasteiger partial charge in [-0.25, -0.2) is 9.48 Å². The monoisotopic (exact) mass is 272 g/mol. The van der Waals surface area contributed by atoms with Gasteiger partial charge in [-0.3, -0.25) is 0 Å². The number of aromatic nitrogens is 2. The predicted octanol–water partition coefficient (Wildman–Crippen LogP) is 2.73. The molecule has 2 heterocycles. The maximum atomic E-state index is 11.2. The van der Waals surface area contributed by atoms with Gasteiger partial charge in [-0.1, -0.05) is 12.1 Å². The van der Waals surface area contributed by atoms with E-state index in [0.29, 0.717) is 6.61 Å². The lowest BCUT2D eigenvalue weighted by atomic mass is 10.1. The molecule has 1 aliphatic heterocycles. The highest BCUT2D eigenvalue weighted by Crippen LogP contribution is 2.30. The van der Waals surface area contributed by atoms with E-state index in [2.05, 4.69) is 5.10 Å². The van der Waals surface area contributed by atoms with Crippen molar-refractivity contribution in [3.63, 3.8) is 0 Å². The molecule has 2 aromatic rings. The van der Waals surface area contributed by atoms with Crippen LogP contribution < -0.4 is 0 Å². The molecule has 1 unspecified atom stereocenters. The molecule has 0 radical (unpaired) electrons. The molecule has 0 bridgehead atoms. The molecule has 1 atom stereocenters. The van der Waals surface area contributed by atoms with Crippen molar-refractivity contribution in [3.05, 3.63) is 47.3 Å². The summed E-state index contributed by atoms with van der Waals surface area (Å²) >= 11 is 0. The Labute approximate surface area is 116 Å². The number of aryl methyl sites for hydroxylation is 1. The molecule has 5 nitrogen and oxygen atoms in total. The normalized spacial score (nSPS) is 18.4. The van der Waals surface area contributed by atoms with Crippen LogP contribution in [0.1, 0.15) is 40.7 Å². The second-order valence-corrected chi connectivity index (χ2v) is 5.01. The van der Waals surface area contributed by atoms with Gasteiger partial charge >= 0.3 is 5.97 Å². The minimum Gasteiger partial charge on any atom is -0.476 e. The number of hydrogen-bond donors (Lipinski definition) is 1. The third-order valence-corrected chi connectivity index (χ3v) is 3.46. The molecule has 0 aliphatic carbocycles. The van der Waals surface area contributed by atoms with Crippen LogP contribution in [-0.2, 0) is 4.74 Å². The van der Waals surface area contributed by atoms with E-state index >= 15 is 0 Å². The van der Waals surface area contributed by atoms with Gasteiger partial charge in [0.25, 0.3) is 0 Å². The van der Waals surface area contributed by atoms with E-state index in [-0.39, 0.29) is 11.8 Å². The zero-order valence-electron chi connectivity index (χ0n) is 11.2. The van der Waals surface area contributed by atoms with E-state index in [1.807, 2.05) is 31.2 Å². The first-order valence-electron chi connectivity index (χ1n) is 6.67. The van der Waals surface area contributed by atoms with Gasteiger partial charge in [-0.15, -0.1) is 0 Å². The summed E-state index contributed by atoms with van der Waals surface area (Å²) in [6, 6.07) is 9.45. The number of rotatable bonds is 3. The van der Waals surface area contributed by atoms with Gasteiger partial charge in [0.05, 0.1) is 17.5 Å². The van der Waals surface area contributed by atoms with Gasteiger partial charge in [-0.2, -0.15) is 5.10 Å². The highest BCUT2D eigenvalue weighted by molar-refractivity contribution is 5.85. The van der Waals surface area contributed by atoms with Crippen molar-refractivity contribution in [3.8, 4) is 5.69 Å². The van der Waals surface area contributed by atoms with Crippen LogP contribution in [0.3, 0.4) is 0 Å². The van der Waals surface area contributed by atoms with E-state index in [1.165, 1.54) is 0 Å². The molecule has 1 aliphatic rings. The summed E-state index contributed by atoms with van der Waals surface area (Å²) in [5.41, 5.74) is 2.83. The Bertz CT molecular complexity index is 642. The van der Waals surface area contributed by atoms with Crippen molar-refractivity contribution in [2.75, 3.05) is 6.61 Å². The molecule has 1 fully saturated rings. The number of nitrogens with zero attached hydrogens (tertiary/aromatic N) is 2. The molecule has 1 N–H and O–H groups in total. The standard InChI is InChI=1S/C15H16N2O3/c1-10-4-2-5-11(8-10)17-13(14-6-3-7-20-14)9-12(16-17)15(18)19/h2,4-5,8-9,14H,3,6-7H2,1H3,(H,18,19). The van der Waals surface area contributed by atoms with E-state index in [0.717, 1.165) is 29.8 Å². The number of ether oxygens (including phenoxy) is 1. The van der Waals surface area contributed by atoms with Gasteiger partial charge in [0.1, 0.15) is 0 Å². The maximum absolute atomic E-state index is 11.2. The second kappa shape index (κ2) is 5.09. The molecule has 0 spiro atoms. The van der Waals surface area contributed by atoms with Crippen LogP contribution in [-0.4, -0.2) is 27.5 Å². The number of benzene rings is 1. The van der Waals surface area contributed by atoms with Crippen molar-refractivity contribution in [1.29, 1.82) is 0 Å². The summed E-state index contributed by atoms with van der Waals surface area (Å²) in [5.74, 6) is -1.02. The van der Waals surface area contributed by atoms with Crippen LogP contribution in [0.5, 0.6) is 0 Å². The number of carboxylic acid groups (broad SMARTS) is 1. The van der Waals surface area contributed by atoms with Gasteiger partial charge in [0.15, 0.2) is 5.69 Å². The van der Waals surface area contributed by atoms with Gasteiger partial charge in [-0.05, 0) is 43.5 Å². The van der Waals surface area contributed by atoms with E-state index in [4.69, 9.17) is 9.84 Å². The Morgan fingerprint density at radius 1 is 1.45 bits per heavy atom. The number of carbonyl (C=O) groups is 1. The highest BCUT2D eigenvalue weighted by atomic mass is 16.5. The lowest BCUT2D eigenvalue weighted by Crippen LogP contribution is -2.07. The number of aromatic carboxylic acids is 1. The Balaban J connectivity index is 2.10. The minimum atomic E-state index is -1.02. The lowest BCUT2D eigenvalue weighted by Gasteiger charge is -2.12. The molecule has 5 heteroatoms. The molecule has 3 rings (SSSR count). The average Bonchev–Trinajstić information content (AvgIpc) is 3.07. The molecule has 0 amide bonds. The van der Waals surface area contributed by atoms with E-state index in [9.17, 15) is 4.79 Å². The molecule has 0 saturated carbocycles. The zero-order chi connectivity index (χ0) is 14.1. The third-order valence-electron chi connectivity index (χ3n) is 3.46. The van der Waals surface area contributed by atoms with Crippen molar-refractivity contribution < 1.29 is 14.6 Å². The van der Waals surface area contributed by atoms with Crippen molar-refractivity contribution >= 4 is 5.97 Å². The number of carboxylic acids is 1. The molecule has 20 heavy (non-hydrogen) atoms. The van der Waals surface area contributed by atoms with Crippen molar-refractivity contribution in [2.24, 2.45) is 0 Å². The maximum Gasteiger partial charge on any atom is 0.356 e. The van der Waals surface area contributed by atoms with Crippen LogP contribution in [0.4, 0.5) is 0 Å². The molecular formula is C15H16N2O3. The fourth-order valence-electron chi connectivity index (χ4n) is 2.51. The fourth-order valence-corrected chi connectivity index (χ4v) is 2.51. The number of hydrogen-bond acceptors (Lipinski definition) is 3. The summed E-state index contributed by atoms with van der Waals surface area (Å²) in [6.07, 6.45) is 1.82. The SMILES string of the molecule is Cc1cccc(-n2nc(C(=O)O)cc2C2CCCO2)c1. The van der Waals surface area contributed by atoms with Crippen LogP contribution in [0.25, 0.3) is 5.69 Å². The zero-order valence-corrected chi connectivity index (χ0v) is 11.2.